The molecule has 0 spiro atoms. The van der Waals surface area contributed by atoms with Crippen molar-refractivity contribution in [2.24, 2.45) is 5.92 Å². The highest BCUT2D eigenvalue weighted by Gasteiger charge is 2.23. The molecule has 1 amide bonds. The van der Waals surface area contributed by atoms with Gasteiger partial charge in [0.05, 0.1) is 10.4 Å². The number of thiophene rings is 1. The standard InChI is InChI=1S/C22H24ClN3OS2/c1-26(2)22(27)20-21-17(18(24-25-20)11-14-5-4-10-28-13-14)12-19(29-21)15-6-3-7-16(23)9-8-15/h6-9,12,14H,3-5,10-11,13H2,1-2H3. The van der Waals surface area contributed by atoms with Crippen LogP contribution >= 0.6 is 34.7 Å². The molecule has 1 fully saturated rings. The lowest BCUT2D eigenvalue weighted by molar-refractivity contribution is 0.0823. The van der Waals surface area contributed by atoms with E-state index in [1.165, 1.54) is 24.3 Å². The molecule has 4 nitrogen and oxygen atoms in total. The van der Waals surface area contributed by atoms with Crippen LogP contribution in [-0.2, 0) is 6.42 Å². The molecule has 29 heavy (non-hydrogen) atoms. The molecule has 1 aliphatic carbocycles. The maximum Gasteiger partial charge on any atom is 0.275 e. The first-order valence-corrected chi connectivity index (χ1v) is 12.2. The predicted molar refractivity (Wildman–Crippen MR) is 125 cm³/mol. The van der Waals surface area contributed by atoms with Gasteiger partial charge in [-0.1, -0.05) is 29.8 Å². The Morgan fingerprint density at radius 3 is 2.90 bits per heavy atom. The molecule has 0 radical (unpaired) electrons. The molecule has 2 aromatic rings. The number of carbonyl (C=O) groups is 1. The van der Waals surface area contributed by atoms with E-state index in [2.05, 4.69) is 22.3 Å². The molecule has 0 aromatic carbocycles. The number of allylic oxidation sites excluding steroid dienone is 6. The minimum atomic E-state index is -0.106. The summed E-state index contributed by atoms with van der Waals surface area (Å²) in [5.74, 6) is 2.96. The molecule has 0 saturated carbocycles. The van der Waals surface area contributed by atoms with E-state index in [0.717, 1.165) is 44.1 Å². The SMILES string of the molecule is CN(C)C(=O)c1nnc(CC2CCCSC2)c2cc(C3=CCC=C(Cl)C=C3)sc12. The Balaban J connectivity index is 1.77. The van der Waals surface area contributed by atoms with Crippen LogP contribution in [0.25, 0.3) is 15.7 Å². The molecule has 3 heterocycles. The van der Waals surface area contributed by atoms with Crippen molar-refractivity contribution in [3.8, 4) is 0 Å². The van der Waals surface area contributed by atoms with Gasteiger partial charge in [-0.15, -0.1) is 16.4 Å². The fourth-order valence-electron chi connectivity index (χ4n) is 3.66. The van der Waals surface area contributed by atoms with Crippen molar-refractivity contribution in [3.05, 3.63) is 51.7 Å². The van der Waals surface area contributed by atoms with Gasteiger partial charge >= 0.3 is 0 Å². The molecule has 1 aliphatic heterocycles. The third-order valence-corrected chi connectivity index (χ3v) is 7.99. The van der Waals surface area contributed by atoms with Gasteiger partial charge in [0, 0.05) is 29.4 Å². The number of thioether (sulfide) groups is 1. The zero-order valence-electron chi connectivity index (χ0n) is 16.7. The molecule has 1 saturated heterocycles. The van der Waals surface area contributed by atoms with E-state index in [1.54, 1.807) is 30.3 Å². The monoisotopic (exact) mass is 445 g/mol. The fraction of sp³-hybridized carbons (Fsp3) is 0.409. The Labute approximate surface area is 184 Å². The lowest BCUT2D eigenvalue weighted by atomic mass is 9.97. The normalized spacial score (nSPS) is 19.6. The smallest absolute Gasteiger partial charge is 0.275 e. The summed E-state index contributed by atoms with van der Waals surface area (Å²) < 4.78 is 0.935. The molecule has 2 aliphatic rings. The van der Waals surface area contributed by atoms with Crippen LogP contribution < -0.4 is 0 Å². The van der Waals surface area contributed by atoms with Crippen molar-refractivity contribution in [1.82, 2.24) is 15.1 Å². The summed E-state index contributed by atoms with van der Waals surface area (Å²) in [6.07, 6.45) is 12.4. The largest absolute Gasteiger partial charge is 0.343 e. The average molecular weight is 446 g/mol. The summed E-state index contributed by atoms with van der Waals surface area (Å²) in [4.78, 5) is 15.4. The number of fused-ring (bicyclic) bond motifs is 1. The Morgan fingerprint density at radius 1 is 1.28 bits per heavy atom. The van der Waals surface area contributed by atoms with Crippen molar-refractivity contribution in [2.45, 2.75) is 25.7 Å². The van der Waals surface area contributed by atoms with Crippen molar-refractivity contribution < 1.29 is 4.79 Å². The number of rotatable bonds is 4. The molecule has 1 unspecified atom stereocenters. The molecule has 7 heteroatoms. The second-order valence-electron chi connectivity index (χ2n) is 7.65. The van der Waals surface area contributed by atoms with Crippen molar-refractivity contribution in [1.29, 1.82) is 0 Å². The second kappa shape index (κ2) is 9.02. The molecule has 152 valence electrons. The maximum atomic E-state index is 12.7. The van der Waals surface area contributed by atoms with Crippen molar-refractivity contribution in [3.63, 3.8) is 0 Å². The van der Waals surface area contributed by atoms with E-state index in [1.807, 2.05) is 30.0 Å². The number of halogens is 1. The van der Waals surface area contributed by atoms with E-state index in [9.17, 15) is 4.79 Å². The second-order valence-corrected chi connectivity index (χ2v) is 10.3. The van der Waals surface area contributed by atoms with Crippen molar-refractivity contribution >= 4 is 56.3 Å². The summed E-state index contributed by atoms with van der Waals surface area (Å²) in [6.45, 7) is 0. The van der Waals surface area contributed by atoms with Crippen LogP contribution in [0.4, 0.5) is 0 Å². The Morgan fingerprint density at radius 2 is 2.14 bits per heavy atom. The number of aromatic nitrogens is 2. The van der Waals surface area contributed by atoms with Crippen LogP contribution in [0.15, 0.2) is 35.4 Å². The molecule has 0 bridgehead atoms. The van der Waals surface area contributed by atoms with E-state index in [-0.39, 0.29) is 5.91 Å². The lowest BCUT2D eigenvalue weighted by Crippen LogP contribution is -2.23. The van der Waals surface area contributed by atoms with E-state index in [4.69, 9.17) is 11.6 Å². The summed E-state index contributed by atoms with van der Waals surface area (Å²) in [5, 5.41) is 10.7. The van der Waals surface area contributed by atoms with Gasteiger partial charge in [0.25, 0.3) is 5.91 Å². The van der Waals surface area contributed by atoms with E-state index < -0.39 is 0 Å². The van der Waals surface area contributed by atoms with Crippen LogP contribution in [0.5, 0.6) is 0 Å². The van der Waals surface area contributed by atoms with Gasteiger partial charge < -0.3 is 4.90 Å². The van der Waals surface area contributed by atoms with Gasteiger partial charge in [-0.25, -0.2) is 0 Å². The fourth-order valence-corrected chi connectivity index (χ4v) is 6.15. The number of amides is 1. The topological polar surface area (TPSA) is 46.1 Å². The van der Waals surface area contributed by atoms with Gasteiger partial charge in [0.1, 0.15) is 0 Å². The number of hydrogen-bond acceptors (Lipinski definition) is 5. The van der Waals surface area contributed by atoms with Gasteiger partial charge in [-0.05, 0) is 60.8 Å². The van der Waals surface area contributed by atoms with Crippen LogP contribution in [0, 0.1) is 5.92 Å². The van der Waals surface area contributed by atoms with E-state index in [0.29, 0.717) is 11.6 Å². The Kier molecular flexibility index (Phi) is 6.42. The van der Waals surface area contributed by atoms with Crippen LogP contribution in [0.1, 0.15) is 40.3 Å². The predicted octanol–water partition coefficient (Wildman–Crippen LogP) is 5.54. The molecular weight excluding hydrogens is 422 g/mol. The molecule has 1 atom stereocenters. The lowest BCUT2D eigenvalue weighted by Gasteiger charge is -2.21. The zero-order valence-corrected chi connectivity index (χ0v) is 19.0. The van der Waals surface area contributed by atoms with Crippen LogP contribution in [0.3, 0.4) is 0 Å². The van der Waals surface area contributed by atoms with Crippen molar-refractivity contribution in [2.75, 3.05) is 25.6 Å². The highest BCUT2D eigenvalue weighted by atomic mass is 35.5. The minimum absolute atomic E-state index is 0.106. The minimum Gasteiger partial charge on any atom is -0.343 e. The maximum absolute atomic E-state index is 12.7. The average Bonchev–Trinajstić information content (AvgIpc) is 3.05. The first-order chi connectivity index (χ1) is 14.0. The van der Waals surface area contributed by atoms with E-state index >= 15 is 0 Å². The van der Waals surface area contributed by atoms with Crippen LogP contribution in [0.2, 0.25) is 0 Å². The summed E-state index contributed by atoms with van der Waals surface area (Å²) in [7, 11) is 3.50. The molecular formula is C22H24ClN3OS2. The Bertz CT molecular complexity index is 1020. The molecule has 0 N–H and O–H groups in total. The first-order valence-electron chi connectivity index (χ1n) is 9.85. The molecule has 2 aromatic heterocycles. The quantitative estimate of drug-likeness (QED) is 0.619. The number of nitrogens with zero attached hydrogens (tertiary/aromatic N) is 3. The first kappa shape index (κ1) is 20.6. The zero-order chi connectivity index (χ0) is 20.4. The summed E-state index contributed by atoms with van der Waals surface area (Å²) in [6, 6.07) is 2.18. The van der Waals surface area contributed by atoms with Gasteiger partial charge in [0.2, 0.25) is 0 Å². The third-order valence-electron chi connectivity index (χ3n) is 5.23. The highest BCUT2D eigenvalue weighted by Crippen LogP contribution is 2.37. The van der Waals surface area contributed by atoms with Gasteiger partial charge in [-0.3, -0.25) is 4.79 Å². The van der Waals surface area contributed by atoms with Gasteiger partial charge in [-0.2, -0.15) is 16.9 Å². The number of carbonyl (C=O) groups excluding carboxylic acids is 1. The van der Waals surface area contributed by atoms with Crippen LogP contribution in [-0.4, -0.2) is 46.6 Å². The Hall–Kier alpha value is -1.63. The van der Waals surface area contributed by atoms with Gasteiger partial charge in [0.15, 0.2) is 5.69 Å². The number of hydrogen-bond donors (Lipinski definition) is 0. The highest BCUT2D eigenvalue weighted by molar-refractivity contribution is 7.99. The summed E-state index contributed by atoms with van der Waals surface area (Å²) >= 11 is 9.81. The molecule has 4 rings (SSSR count). The summed E-state index contributed by atoms with van der Waals surface area (Å²) in [5.41, 5.74) is 2.58. The third kappa shape index (κ3) is 4.60.